The summed E-state index contributed by atoms with van der Waals surface area (Å²) in [6.07, 6.45) is 2.34. The first kappa shape index (κ1) is 23.5. The van der Waals surface area contributed by atoms with Crippen LogP contribution in [-0.4, -0.2) is 71.1 Å². The maximum Gasteiger partial charge on any atom is 0.314 e. The highest BCUT2D eigenvalue weighted by atomic mass is 35.5. The van der Waals surface area contributed by atoms with Crippen LogP contribution in [0, 0.1) is 0 Å². The quantitative estimate of drug-likeness (QED) is 0.410. The highest BCUT2D eigenvalue weighted by molar-refractivity contribution is 7.92. The molecule has 3 aromatic rings. The standard InChI is InChI=1S/C19H19ClF2N6O4S2/c20-11-3-12(6-23-5-11)28(34(29,30)2-1-27-13-4-14(27)10-31-9-13)8-16-24-7-15(33-16)18-25-26-19(32-18)17(21)22/h3,5-7,13-14,17H,1-2,4,8-10H2/t13-,14?/m0/s1. The van der Waals surface area contributed by atoms with Gasteiger partial charge in [-0.05, 0) is 12.5 Å². The number of thiazole rings is 1. The summed E-state index contributed by atoms with van der Waals surface area (Å²) in [7, 11) is -3.79. The van der Waals surface area contributed by atoms with Gasteiger partial charge in [0.1, 0.15) is 9.88 Å². The SMILES string of the molecule is O=S(=O)(CCN1C2COC[C@@H]1C2)N(Cc1ncc(-c2nnc(C(F)F)o2)s1)c1cncc(Cl)c1. The predicted molar refractivity (Wildman–Crippen MR) is 119 cm³/mol. The molecule has 15 heteroatoms. The van der Waals surface area contributed by atoms with Crippen LogP contribution < -0.4 is 4.31 Å². The van der Waals surface area contributed by atoms with Gasteiger partial charge in [0.25, 0.3) is 11.8 Å². The average Bonchev–Trinajstić information content (AvgIpc) is 3.47. The lowest BCUT2D eigenvalue weighted by Gasteiger charge is -2.52. The summed E-state index contributed by atoms with van der Waals surface area (Å²) in [5.74, 6) is -1.00. The lowest BCUT2D eigenvalue weighted by Crippen LogP contribution is -2.64. The monoisotopic (exact) mass is 532 g/mol. The van der Waals surface area contributed by atoms with E-state index in [9.17, 15) is 17.2 Å². The minimum atomic E-state index is -3.79. The molecule has 10 nitrogen and oxygen atoms in total. The number of aromatic nitrogens is 4. The zero-order valence-corrected chi connectivity index (χ0v) is 19.9. The van der Waals surface area contributed by atoms with Crippen LogP contribution >= 0.6 is 22.9 Å². The molecule has 0 saturated carbocycles. The molecule has 1 unspecified atom stereocenters. The van der Waals surface area contributed by atoms with Gasteiger partial charge in [0.05, 0.1) is 48.6 Å². The number of fused-ring (bicyclic) bond motifs is 2. The molecule has 2 fully saturated rings. The van der Waals surface area contributed by atoms with E-state index in [4.69, 9.17) is 20.8 Å². The number of rotatable bonds is 9. The number of sulfonamides is 1. The Bertz CT molecular complexity index is 1260. The Morgan fingerprint density at radius 3 is 2.71 bits per heavy atom. The van der Waals surface area contributed by atoms with E-state index < -0.39 is 22.3 Å². The van der Waals surface area contributed by atoms with Gasteiger partial charge in [-0.2, -0.15) is 8.78 Å². The Morgan fingerprint density at radius 2 is 2.03 bits per heavy atom. The Balaban J connectivity index is 1.36. The Morgan fingerprint density at radius 1 is 1.24 bits per heavy atom. The normalized spacial score (nSPS) is 20.5. The second-order valence-corrected chi connectivity index (χ2v) is 11.4. The number of ether oxygens (including phenoxy) is 1. The molecule has 5 heterocycles. The van der Waals surface area contributed by atoms with Crippen molar-refractivity contribution in [1.29, 1.82) is 0 Å². The van der Waals surface area contributed by atoms with Crippen LogP contribution in [0.4, 0.5) is 14.5 Å². The van der Waals surface area contributed by atoms with E-state index in [2.05, 4.69) is 25.1 Å². The van der Waals surface area contributed by atoms with Gasteiger partial charge in [-0.25, -0.2) is 13.4 Å². The van der Waals surface area contributed by atoms with Crippen LogP contribution in [0.1, 0.15) is 23.7 Å². The molecular weight excluding hydrogens is 514 g/mol. The van der Waals surface area contributed by atoms with E-state index in [1.165, 1.54) is 29.0 Å². The van der Waals surface area contributed by atoms with Gasteiger partial charge >= 0.3 is 6.43 Å². The largest absolute Gasteiger partial charge is 0.414 e. The number of hydrogen-bond acceptors (Lipinski definition) is 10. The molecule has 2 bridgehead atoms. The lowest BCUT2D eigenvalue weighted by molar-refractivity contribution is -0.123. The lowest BCUT2D eigenvalue weighted by atomic mass is 9.92. The van der Waals surface area contributed by atoms with Crippen LogP contribution in [0.15, 0.2) is 29.1 Å². The summed E-state index contributed by atoms with van der Waals surface area (Å²) in [6.45, 7) is 1.51. The molecule has 2 atom stereocenters. The number of anilines is 1. The number of pyridine rings is 1. The molecule has 182 valence electrons. The van der Waals surface area contributed by atoms with Gasteiger partial charge in [0.2, 0.25) is 10.0 Å². The zero-order valence-electron chi connectivity index (χ0n) is 17.6. The number of halogens is 3. The van der Waals surface area contributed by atoms with E-state index in [1.807, 2.05) is 0 Å². The van der Waals surface area contributed by atoms with Crippen molar-refractivity contribution in [3.63, 3.8) is 0 Å². The molecule has 0 aliphatic carbocycles. The second-order valence-electron chi connectivity index (χ2n) is 7.87. The molecule has 3 aromatic heterocycles. The molecule has 0 radical (unpaired) electrons. The average molecular weight is 533 g/mol. The van der Waals surface area contributed by atoms with Crippen molar-refractivity contribution in [2.75, 3.05) is 29.8 Å². The van der Waals surface area contributed by atoms with Crippen molar-refractivity contribution >= 4 is 38.6 Å². The Labute approximate surface area is 202 Å². The number of alkyl halides is 2. The fourth-order valence-electron chi connectivity index (χ4n) is 4.02. The van der Waals surface area contributed by atoms with Crippen LogP contribution in [0.25, 0.3) is 10.8 Å². The summed E-state index contributed by atoms with van der Waals surface area (Å²) in [5.41, 5.74) is 0.300. The summed E-state index contributed by atoms with van der Waals surface area (Å²) < 4.78 is 64.0. The maximum atomic E-state index is 13.4. The van der Waals surface area contributed by atoms with Crippen LogP contribution in [0.3, 0.4) is 0 Å². The molecular formula is C19H19ClF2N6O4S2. The summed E-state index contributed by atoms with van der Waals surface area (Å²) in [6, 6.07) is 2.02. The summed E-state index contributed by atoms with van der Waals surface area (Å²) >= 11 is 7.14. The molecule has 5 rings (SSSR count). The van der Waals surface area contributed by atoms with Gasteiger partial charge in [-0.1, -0.05) is 11.6 Å². The number of nitrogens with zero attached hydrogens (tertiary/aromatic N) is 6. The van der Waals surface area contributed by atoms with E-state index in [1.54, 1.807) is 0 Å². The van der Waals surface area contributed by atoms with Crippen LogP contribution in [0.2, 0.25) is 5.02 Å². The Hall–Kier alpha value is -2.26. The first-order valence-corrected chi connectivity index (χ1v) is 13.1. The van der Waals surface area contributed by atoms with Crippen molar-refractivity contribution in [3.05, 3.63) is 40.6 Å². The minimum absolute atomic E-state index is 0.0964. The third-order valence-corrected chi connectivity index (χ3v) is 8.58. The van der Waals surface area contributed by atoms with Gasteiger partial charge in [0.15, 0.2) is 0 Å². The van der Waals surface area contributed by atoms with Crippen LogP contribution in [-0.2, 0) is 21.3 Å². The molecule has 2 saturated heterocycles. The highest BCUT2D eigenvalue weighted by Gasteiger charge is 2.42. The van der Waals surface area contributed by atoms with E-state index in [0.29, 0.717) is 35.3 Å². The van der Waals surface area contributed by atoms with Crippen molar-refractivity contribution < 1.29 is 26.4 Å². The van der Waals surface area contributed by atoms with Crippen molar-refractivity contribution in [3.8, 4) is 10.8 Å². The molecule has 2 aliphatic heterocycles. The zero-order chi connectivity index (χ0) is 23.9. The molecule has 0 N–H and O–H groups in total. The van der Waals surface area contributed by atoms with Gasteiger partial charge in [-0.3, -0.25) is 14.2 Å². The summed E-state index contributed by atoms with van der Waals surface area (Å²) in [4.78, 5) is 10.8. The molecule has 0 amide bonds. The number of morpholine rings is 1. The van der Waals surface area contributed by atoms with Gasteiger partial charge in [-0.15, -0.1) is 21.5 Å². The fraction of sp³-hybridized carbons (Fsp3) is 0.474. The maximum absolute atomic E-state index is 13.4. The van der Waals surface area contributed by atoms with E-state index in [0.717, 1.165) is 17.8 Å². The minimum Gasteiger partial charge on any atom is -0.414 e. The first-order chi connectivity index (χ1) is 16.3. The third-order valence-electron chi connectivity index (χ3n) is 5.69. The predicted octanol–water partition coefficient (Wildman–Crippen LogP) is 2.99. The van der Waals surface area contributed by atoms with E-state index in [-0.39, 0.29) is 35.3 Å². The van der Waals surface area contributed by atoms with E-state index >= 15 is 0 Å². The second kappa shape index (κ2) is 9.41. The van der Waals surface area contributed by atoms with Crippen molar-refractivity contribution in [2.24, 2.45) is 0 Å². The Kier molecular flexibility index (Phi) is 6.50. The summed E-state index contributed by atoms with van der Waals surface area (Å²) in [5, 5.41) is 7.61. The van der Waals surface area contributed by atoms with Crippen molar-refractivity contribution in [1.82, 2.24) is 25.1 Å². The molecule has 34 heavy (non-hydrogen) atoms. The molecule has 0 aromatic carbocycles. The van der Waals surface area contributed by atoms with Crippen molar-refractivity contribution in [2.45, 2.75) is 31.5 Å². The molecule has 2 aliphatic rings. The van der Waals surface area contributed by atoms with Gasteiger partial charge < -0.3 is 9.15 Å². The fourth-order valence-corrected chi connectivity index (χ4v) is 6.50. The van der Waals surface area contributed by atoms with Crippen LogP contribution in [0.5, 0.6) is 0 Å². The topological polar surface area (TPSA) is 115 Å². The first-order valence-electron chi connectivity index (χ1n) is 10.3. The smallest absolute Gasteiger partial charge is 0.314 e. The highest BCUT2D eigenvalue weighted by Crippen LogP contribution is 2.32. The molecule has 0 spiro atoms. The van der Waals surface area contributed by atoms with Gasteiger partial charge in [0, 0.05) is 24.8 Å². The third kappa shape index (κ3) is 4.77. The number of hydrogen-bond donors (Lipinski definition) is 0.